The van der Waals surface area contributed by atoms with E-state index in [1.807, 2.05) is 66.7 Å². The molecule has 120 valence electrons. The first-order valence-corrected chi connectivity index (χ1v) is 8.10. The first-order valence-electron chi connectivity index (χ1n) is 7.72. The Bertz CT molecular complexity index is 789. The summed E-state index contributed by atoms with van der Waals surface area (Å²) in [7, 11) is 0. The molecule has 0 N–H and O–H groups in total. The largest absolute Gasteiger partial charge is 0.308 e. The van der Waals surface area contributed by atoms with Gasteiger partial charge >= 0.3 is 0 Å². The van der Waals surface area contributed by atoms with Crippen LogP contribution in [0.3, 0.4) is 0 Å². The van der Waals surface area contributed by atoms with Crippen LogP contribution in [0.15, 0.2) is 79.0 Å². The van der Waals surface area contributed by atoms with E-state index in [1.165, 1.54) is 0 Å². The lowest BCUT2D eigenvalue weighted by atomic mass is 10.1. The molecule has 0 radical (unpaired) electrons. The Morgan fingerprint density at radius 3 is 2.17 bits per heavy atom. The zero-order chi connectivity index (χ0) is 16.8. The molecule has 4 heteroatoms. The molecule has 1 aromatic heterocycles. The van der Waals surface area contributed by atoms with Crippen molar-refractivity contribution in [2.75, 3.05) is 4.90 Å². The number of anilines is 1. The minimum absolute atomic E-state index is 0.0224. The Kier molecular flexibility index (Phi) is 5.24. The topological polar surface area (TPSA) is 33.2 Å². The van der Waals surface area contributed by atoms with E-state index in [9.17, 15) is 4.79 Å². The van der Waals surface area contributed by atoms with Crippen molar-refractivity contribution in [2.24, 2.45) is 0 Å². The maximum Gasteiger partial charge on any atom is 0.231 e. The highest BCUT2D eigenvalue weighted by Gasteiger charge is 2.16. The summed E-state index contributed by atoms with van der Waals surface area (Å²) in [5, 5.41) is 0.426. The van der Waals surface area contributed by atoms with E-state index in [4.69, 9.17) is 11.6 Å². The number of carbonyl (C=O) groups is 1. The zero-order valence-corrected chi connectivity index (χ0v) is 13.9. The van der Waals surface area contributed by atoms with E-state index >= 15 is 0 Å². The number of hydrogen-bond donors (Lipinski definition) is 0. The number of halogens is 1. The lowest BCUT2D eigenvalue weighted by Gasteiger charge is -2.23. The average molecular weight is 337 g/mol. The molecular weight excluding hydrogens is 320 g/mol. The minimum atomic E-state index is 0.0224. The highest BCUT2D eigenvalue weighted by Crippen LogP contribution is 2.19. The molecular formula is C20H17ClN2O. The van der Waals surface area contributed by atoms with Crippen molar-refractivity contribution in [1.82, 2.24) is 4.98 Å². The Hall–Kier alpha value is -2.65. The predicted octanol–water partition coefficient (Wildman–Crippen LogP) is 4.51. The molecule has 3 aromatic rings. The van der Waals surface area contributed by atoms with Crippen molar-refractivity contribution >= 4 is 23.2 Å². The lowest BCUT2D eigenvalue weighted by molar-refractivity contribution is -0.118. The van der Waals surface area contributed by atoms with Crippen molar-refractivity contribution in [2.45, 2.75) is 13.0 Å². The SMILES string of the molecule is O=C(Cc1ccc(Cl)nc1)N(Cc1ccccc1)c1ccccc1. The molecule has 0 unspecified atom stereocenters. The van der Waals surface area contributed by atoms with Gasteiger partial charge in [-0.05, 0) is 29.3 Å². The third-order valence-electron chi connectivity index (χ3n) is 3.70. The Labute approximate surface area is 146 Å². The summed E-state index contributed by atoms with van der Waals surface area (Å²) in [4.78, 5) is 18.7. The monoisotopic (exact) mass is 336 g/mol. The molecule has 3 rings (SSSR count). The molecule has 0 bridgehead atoms. The molecule has 0 atom stereocenters. The predicted molar refractivity (Wildman–Crippen MR) is 97.0 cm³/mol. The van der Waals surface area contributed by atoms with Crippen molar-refractivity contribution in [3.8, 4) is 0 Å². The fourth-order valence-corrected chi connectivity index (χ4v) is 2.59. The minimum Gasteiger partial charge on any atom is -0.308 e. The van der Waals surface area contributed by atoms with Crippen LogP contribution in [0, 0.1) is 0 Å². The lowest BCUT2D eigenvalue weighted by Crippen LogP contribution is -2.31. The van der Waals surface area contributed by atoms with Crippen LogP contribution in [0.2, 0.25) is 5.15 Å². The Morgan fingerprint density at radius 1 is 0.875 bits per heavy atom. The van der Waals surface area contributed by atoms with E-state index in [0.717, 1.165) is 16.8 Å². The second-order valence-electron chi connectivity index (χ2n) is 5.47. The van der Waals surface area contributed by atoms with Gasteiger partial charge in [0.2, 0.25) is 5.91 Å². The molecule has 1 heterocycles. The molecule has 0 fully saturated rings. The number of para-hydroxylation sites is 1. The quantitative estimate of drug-likeness (QED) is 0.642. The van der Waals surface area contributed by atoms with Crippen LogP contribution in [0.1, 0.15) is 11.1 Å². The number of benzene rings is 2. The van der Waals surface area contributed by atoms with Gasteiger partial charge < -0.3 is 4.90 Å². The van der Waals surface area contributed by atoms with Gasteiger partial charge in [0.15, 0.2) is 0 Å². The highest BCUT2D eigenvalue weighted by molar-refractivity contribution is 6.29. The summed E-state index contributed by atoms with van der Waals surface area (Å²) in [6.07, 6.45) is 1.93. The highest BCUT2D eigenvalue weighted by atomic mass is 35.5. The van der Waals surface area contributed by atoms with E-state index in [0.29, 0.717) is 11.7 Å². The van der Waals surface area contributed by atoms with E-state index < -0.39 is 0 Å². The average Bonchev–Trinajstić information content (AvgIpc) is 2.63. The number of rotatable bonds is 5. The van der Waals surface area contributed by atoms with Crippen molar-refractivity contribution in [3.63, 3.8) is 0 Å². The standard InChI is InChI=1S/C20H17ClN2O/c21-19-12-11-17(14-22-19)13-20(24)23(18-9-5-2-6-10-18)15-16-7-3-1-4-8-16/h1-12,14H,13,15H2. The Balaban J connectivity index is 1.83. The third-order valence-corrected chi connectivity index (χ3v) is 3.92. The van der Waals surface area contributed by atoms with Crippen molar-refractivity contribution in [3.05, 3.63) is 95.3 Å². The van der Waals surface area contributed by atoms with Gasteiger partial charge in [0.25, 0.3) is 0 Å². The number of carbonyl (C=O) groups excluding carboxylic acids is 1. The number of amides is 1. The fraction of sp³-hybridized carbons (Fsp3) is 0.100. The van der Waals surface area contributed by atoms with Gasteiger partial charge in [-0.25, -0.2) is 4.98 Å². The normalized spacial score (nSPS) is 10.4. The van der Waals surface area contributed by atoms with Crippen LogP contribution in [0.25, 0.3) is 0 Å². The maximum absolute atomic E-state index is 12.9. The summed E-state index contributed by atoms with van der Waals surface area (Å²) in [6, 6.07) is 23.2. The number of pyridine rings is 1. The van der Waals surface area contributed by atoms with Crippen molar-refractivity contribution < 1.29 is 4.79 Å². The van der Waals surface area contributed by atoms with E-state index in [2.05, 4.69) is 4.98 Å². The van der Waals surface area contributed by atoms with Gasteiger partial charge in [-0.15, -0.1) is 0 Å². The molecule has 0 saturated heterocycles. The molecule has 2 aromatic carbocycles. The van der Waals surface area contributed by atoms with Gasteiger partial charge in [0.05, 0.1) is 13.0 Å². The van der Waals surface area contributed by atoms with Gasteiger partial charge in [-0.1, -0.05) is 66.2 Å². The molecule has 1 amide bonds. The van der Waals surface area contributed by atoms with Crippen LogP contribution in [0.5, 0.6) is 0 Å². The second-order valence-corrected chi connectivity index (χ2v) is 5.85. The van der Waals surface area contributed by atoms with Gasteiger partial charge in [-0.2, -0.15) is 0 Å². The van der Waals surface area contributed by atoms with Gasteiger partial charge in [0.1, 0.15) is 5.15 Å². The zero-order valence-electron chi connectivity index (χ0n) is 13.1. The first-order chi connectivity index (χ1) is 11.7. The molecule has 0 aliphatic heterocycles. The second kappa shape index (κ2) is 7.75. The third kappa shape index (κ3) is 4.21. The number of aromatic nitrogens is 1. The van der Waals surface area contributed by atoms with Crippen LogP contribution in [0.4, 0.5) is 5.69 Å². The van der Waals surface area contributed by atoms with Gasteiger partial charge in [-0.3, -0.25) is 4.79 Å². The van der Waals surface area contributed by atoms with E-state index in [1.54, 1.807) is 17.2 Å². The summed E-state index contributed by atoms with van der Waals surface area (Å²) in [5.74, 6) is 0.0224. The molecule has 0 aliphatic rings. The molecule has 0 aliphatic carbocycles. The van der Waals surface area contributed by atoms with Crippen LogP contribution in [-0.2, 0) is 17.8 Å². The molecule has 3 nitrogen and oxygen atoms in total. The van der Waals surface area contributed by atoms with Crippen LogP contribution < -0.4 is 4.90 Å². The summed E-state index contributed by atoms with van der Waals surface area (Å²) in [5.41, 5.74) is 2.82. The molecule has 0 spiro atoms. The van der Waals surface area contributed by atoms with Gasteiger partial charge in [0, 0.05) is 11.9 Å². The Morgan fingerprint density at radius 2 is 1.54 bits per heavy atom. The summed E-state index contributed by atoms with van der Waals surface area (Å²) >= 11 is 5.81. The summed E-state index contributed by atoms with van der Waals surface area (Å²) < 4.78 is 0. The maximum atomic E-state index is 12.9. The fourth-order valence-electron chi connectivity index (χ4n) is 2.48. The summed E-state index contributed by atoms with van der Waals surface area (Å²) in [6.45, 7) is 0.532. The number of hydrogen-bond acceptors (Lipinski definition) is 2. The van der Waals surface area contributed by atoms with E-state index in [-0.39, 0.29) is 12.3 Å². The van der Waals surface area contributed by atoms with Crippen molar-refractivity contribution in [1.29, 1.82) is 0 Å². The molecule has 24 heavy (non-hydrogen) atoms. The van der Waals surface area contributed by atoms with Crippen LogP contribution in [-0.4, -0.2) is 10.9 Å². The molecule has 0 saturated carbocycles. The number of nitrogens with zero attached hydrogens (tertiary/aromatic N) is 2. The smallest absolute Gasteiger partial charge is 0.231 e. The first kappa shape index (κ1) is 16.2. The van der Waals surface area contributed by atoms with Crippen LogP contribution >= 0.6 is 11.6 Å².